The van der Waals surface area contributed by atoms with Crippen LogP contribution in [0.25, 0.3) is 22.5 Å². The van der Waals surface area contributed by atoms with E-state index < -0.39 is 17.7 Å². The zero-order valence-electron chi connectivity index (χ0n) is 20.6. The third kappa shape index (κ3) is 4.78. The maximum absolute atomic E-state index is 14.6. The number of nitrogens with zero attached hydrogens (tertiary/aromatic N) is 2. The van der Waals surface area contributed by atoms with E-state index in [-0.39, 0.29) is 22.8 Å². The minimum atomic E-state index is -2.93. The Kier molecular flexibility index (Phi) is 6.40. The van der Waals surface area contributed by atoms with Crippen LogP contribution in [0, 0.1) is 26.7 Å². The van der Waals surface area contributed by atoms with Gasteiger partial charge in [-0.15, -0.1) is 0 Å². The van der Waals surface area contributed by atoms with Crippen molar-refractivity contribution in [3.05, 3.63) is 93.2 Å². The van der Waals surface area contributed by atoms with Crippen molar-refractivity contribution in [2.75, 3.05) is 5.32 Å². The number of alkyl halides is 2. The Morgan fingerprint density at radius 1 is 1.03 bits per heavy atom. The van der Waals surface area contributed by atoms with E-state index in [2.05, 4.69) is 26.2 Å². The molecule has 190 valence electrons. The topological polar surface area (TPSA) is 67.2 Å². The second-order valence-corrected chi connectivity index (χ2v) is 10.5. The van der Waals surface area contributed by atoms with Gasteiger partial charge in [0.15, 0.2) is 11.5 Å². The van der Waals surface area contributed by atoms with E-state index in [4.69, 9.17) is 0 Å². The summed E-state index contributed by atoms with van der Waals surface area (Å²) in [5.74, 6) is -4.03. The van der Waals surface area contributed by atoms with Crippen molar-refractivity contribution in [1.29, 1.82) is 0 Å². The molecule has 8 heteroatoms. The van der Waals surface area contributed by atoms with Gasteiger partial charge in [0.25, 0.3) is 11.8 Å². The van der Waals surface area contributed by atoms with Crippen molar-refractivity contribution >= 4 is 27.5 Å². The molecular weight excluding hydrogens is 540 g/mol. The Bertz CT molecular complexity index is 1510. The Hall–Kier alpha value is -3.52. The van der Waals surface area contributed by atoms with E-state index in [1.165, 1.54) is 18.2 Å². The second kappa shape index (κ2) is 9.41. The lowest BCUT2D eigenvalue weighted by Crippen LogP contribution is -2.19. The van der Waals surface area contributed by atoms with E-state index in [9.17, 15) is 18.8 Å². The van der Waals surface area contributed by atoms with Crippen LogP contribution in [0.3, 0.4) is 0 Å². The summed E-state index contributed by atoms with van der Waals surface area (Å²) in [5.41, 5.74) is 5.21. The molecule has 1 aliphatic rings. The quantitative estimate of drug-likeness (QED) is 0.233. The number of aryl methyl sites for hydroxylation is 3. The lowest BCUT2D eigenvalue weighted by Gasteiger charge is -2.17. The number of hydrogen-bond acceptors (Lipinski definition) is 3. The van der Waals surface area contributed by atoms with Crippen molar-refractivity contribution in [2.45, 2.75) is 39.5 Å². The SMILES string of the molecule is Cc1cccc(C)c1-c1cc(Br)cc(-c2nc(C)c(C(=O)Nc3cccc(C(F)(F)C4CC4)c3)n2O)c1. The molecule has 0 spiro atoms. The van der Waals surface area contributed by atoms with Gasteiger partial charge in [-0.2, -0.15) is 4.73 Å². The summed E-state index contributed by atoms with van der Waals surface area (Å²) < 4.78 is 30.7. The molecule has 1 aliphatic carbocycles. The number of imidazole rings is 1. The lowest BCUT2D eigenvalue weighted by atomic mass is 9.94. The first-order valence-corrected chi connectivity index (χ1v) is 12.8. The predicted molar refractivity (Wildman–Crippen MR) is 143 cm³/mol. The average Bonchev–Trinajstić information content (AvgIpc) is 3.64. The summed E-state index contributed by atoms with van der Waals surface area (Å²) in [4.78, 5) is 17.6. The van der Waals surface area contributed by atoms with Crippen molar-refractivity contribution < 1.29 is 18.8 Å². The highest BCUT2D eigenvalue weighted by Gasteiger charge is 2.48. The van der Waals surface area contributed by atoms with Crippen LogP contribution in [-0.2, 0) is 5.92 Å². The highest BCUT2D eigenvalue weighted by Crippen LogP contribution is 2.50. The van der Waals surface area contributed by atoms with Gasteiger partial charge in [0.2, 0.25) is 0 Å². The molecule has 0 unspecified atom stereocenters. The van der Waals surface area contributed by atoms with Crippen LogP contribution in [0.5, 0.6) is 0 Å². The maximum atomic E-state index is 14.6. The Morgan fingerprint density at radius 2 is 1.68 bits per heavy atom. The van der Waals surface area contributed by atoms with Crippen LogP contribution in [0.4, 0.5) is 14.5 Å². The van der Waals surface area contributed by atoms with E-state index in [1.807, 2.05) is 50.2 Å². The van der Waals surface area contributed by atoms with Crippen LogP contribution in [0.2, 0.25) is 0 Å². The molecule has 5 nitrogen and oxygen atoms in total. The van der Waals surface area contributed by atoms with E-state index in [0.29, 0.717) is 24.1 Å². The molecule has 0 aliphatic heterocycles. The third-order valence-electron chi connectivity index (χ3n) is 6.77. The molecule has 1 amide bonds. The van der Waals surface area contributed by atoms with Gasteiger partial charge in [-0.25, -0.2) is 13.8 Å². The number of aromatic nitrogens is 2. The van der Waals surface area contributed by atoms with Gasteiger partial charge in [0.05, 0.1) is 5.69 Å². The van der Waals surface area contributed by atoms with Crippen molar-refractivity contribution in [1.82, 2.24) is 9.71 Å². The van der Waals surface area contributed by atoms with Gasteiger partial charge in [0, 0.05) is 27.2 Å². The fourth-order valence-corrected chi connectivity index (χ4v) is 5.27. The van der Waals surface area contributed by atoms with Crippen LogP contribution in [0.15, 0.2) is 65.1 Å². The van der Waals surface area contributed by atoms with E-state index >= 15 is 0 Å². The van der Waals surface area contributed by atoms with Crippen molar-refractivity contribution in [3.8, 4) is 22.5 Å². The number of carbonyl (C=O) groups excluding carboxylic acids is 1. The Labute approximate surface area is 222 Å². The third-order valence-corrected chi connectivity index (χ3v) is 7.22. The molecule has 37 heavy (non-hydrogen) atoms. The fraction of sp³-hybridized carbons (Fsp3) is 0.241. The molecule has 1 fully saturated rings. The molecule has 3 aromatic carbocycles. The number of rotatable bonds is 6. The normalized spacial score (nSPS) is 13.6. The largest absolute Gasteiger partial charge is 0.426 e. The summed E-state index contributed by atoms with van der Waals surface area (Å²) >= 11 is 3.56. The molecular formula is C29H26BrF2N3O2. The number of benzene rings is 3. The number of anilines is 1. The van der Waals surface area contributed by atoms with Gasteiger partial charge in [-0.3, -0.25) is 4.79 Å². The number of hydrogen-bond donors (Lipinski definition) is 2. The summed E-state index contributed by atoms with van der Waals surface area (Å²) in [6.07, 6.45) is 0.992. The van der Waals surface area contributed by atoms with Crippen LogP contribution < -0.4 is 5.32 Å². The zero-order valence-corrected chi connectivity index (χ0v) is 22.2. The molecule has 1 saturated carbocycles. The first-order chi connectivity index (χ1) is 17.6. The van der Waals surface area contributed by atoms with E-state index in [1.54, 1.807) is 13.0 Å². The number of carbonyl (C=O) groups is 1. The first kappa shape index (κ1) is 25.1. The van der Waals surface area contributed by atoms with Gasteiger partial charge in [-0.1, -0.05) is 46.3 Å². The number of amides is 1. The summed E-state index contributed by atoms with van der Waals surface area (Å²) in [6, 6.07) is 17.5. The molecule has 0 bridgehead atoms. The van der Waals surface area contributed by atoms with Gasteiger partial charge >= 0.3 is 0 Å². The number of halogens is 3. The average molecular weight is 566 g/mol. The molecule has 0 atom stereocenters. The van der Waals surface area contributed by atoms with Crippen LogP contribution >= 0.6 is 15.9 Å². The Balaban J connectivity index is 1.47. The monoisotopic (exact) mass is 565 g/mol. The molecule has 5 rings (SSSR count). The smallest absolute Gasteiger partial charge is 0.277 e. The maximum Gasteiger partial charge on any atom is 0.277 e. The molecule has 2 N–H and O–H groups in total. The van der Waals surface area contributed by atoms with Crippen molar-refractivity contribution in [3.63, 3.8) is 0 Å². The van der Waals surface area contributed by atoms with Crippen LogP contribution in [-0.4, -0.2) is 20.8 Å². The molecule has 1 aromatic heterocycles. The van der Waals surface area contributed by atoms with Gasteiger partial charge in [0.1, 0.15) is 0 Å². The highest BCUT2D eigenvalue weighted by atomic mass is 79.9. The predicted octanol–water partition coefficient (Wildman–Crippen LogP) is 7.90. The minimum Gasteiger partial charge on any atom is -0.426 e. The van der Waals surface area contributed by atoms with Gasteiger partial charge < -0.3 is 10.5 Å². The Morgan fingerprint density at radius 3 is 2.35 bits per heavy atom. The zero-order chi connectivity index (χ0) is 26.5. The minimum absolute atomic E-state index is 0.0667. The second-order valence-electron chi connectivity index (χ2n) is 9.61. The standard InChI is InChI=1S/C29H26BrF2N3O2/c1-16-6-4-7-17(2)25(16)19-12-20(14-23(30)13-19)27-33-18(3)26(35(27)37)28(36)34-24-9-5-8-22(15-24)29(31,32)21-10-11-21/h4-9,12-15,21,37H,10-11H2,1-3H3,(H,34,36). The summed E-state index contributed by atoms with van der Waals surface area (Å²) in [6.45, 7) is 5.70. The van der Waals surface area contributed by atoms with E-state index in [0.717, 1.165) is 31.5 Å². The van der Waals surface area contributed by atoms with Crippen LogP contribution in [0.1, 0.15) is 45.7 Å². The molecule has 1 heterocycles. The van der Waals surface area contributed by atoms with Gasteiger partial charge in [-0.05, 0) is 86.2 Å². The van der Waals surface area contributed by atoms with Crippen molar-refractivity contribution in [2.24, 2.45) is 5.92 Å². The highest BCUT2D eigenvalue weighted by molar-refractivity contribution is 9.10. The molecule has 4 aromatic rings. The fourth-order valence-electron chi connectivity index (χ4n) is 4.77. The number of nitrogens with one attached hydrogen (secondary N) is 1. The molecule has 0 saturated heterocycles. The summed E-state index contributed by atoms with van der Waals surface area (Å²) in [5, 5.41) is 13.6. The molecule has 0 radical (unpaired) electrons. The summed E-state index contributed by atoms with van der Waals surface area (Å²) in [7, 11) is 0. The first-order valence-electron chi connectivity index (χ1n) is 12.0. The lowest BCUT2D eigenvalue weighted by molar-refractivity contribution is -0.0285.